The van der Waals surface area contributed by atoms with Gasteiger partial charge in [-0.15, -0.1) is 0 Å². The molecule has 2 atom stereocenters. The average molecular weight is 288 g/mol. The zero-order valence-corrected chi connectivity index (χ0v) is 12.1. The summed E-state index contributed by atoms with van der Waals surface area (Å²) in [5.41, 5.74) is 1.43. The number of anilines is 1. The molecule has 0 aromatic heterocycles. The van der Waals surface area contributed by atoms with Gasteiger partial charge in [0.25, 0.3) is 0 Å². The van der Waals surface area contributed by atoms with Gasteiger partial charge in [-0.05, 0) is 37.3 Å². The lowest BCUT2D eigenvalue weighted by atomic mass is 9.80. The molecule has 0 radical (unpaired) electrons. The number of para-hydroxylation sites is 1. The number of aliphatic carboxylic acids is 1. The number of amides is 2. The van der Waals surface area contributed by atoms with E-state index in [2.05, 4.69) is 5.32 Å². The Balaban J connectivity index is 1.76. The number of nitrogens with zero attached hydrogens (tertiary/aromatic N) is 1. The molecule has 1 aliphatic carbocycles. The number of nitrogens with one attached hydrogen (secondary N) is 1. The van der Waals surface area contributed by atoms with Crippen LogP contribution in [-0.2, 0) is 4.79 Å². The number of carbonyl (C=O) groups is 2. The normalized spacial score (nSPS) is 22.3. The molecule has 1 saturated carbocycles. The Kier molecular flexibility index (Phi) is 3.57. The first kappa shape index (κ1) is 13.9. The topological polar surface area (TPSA) is 69.6 Å². The lowest BCUT2D eigenvalue weighted by Gasteiger charge is -2.33. The van der Waals surface area contributed by atoms with Crippen molar-refractivity contribution in [2.45, 2.75) is 38.1 Å². The van der Waals surface area contributed by atoms with Crippen LogP contribution in [0.4, 0.5) is 10.5 Å². The van der Waals surface area contributed by atoms with Crippen LogP contribution in [0.5, 0.6) is 0 Å². The van der Waals surface area contributed by atoms with Gasteiger partial charge in [-0.25, -0.2) is 4.79 Å². The number of benzene rings is 1. The second kappa shape index (κ2) is 5.39. The Morgan fingerprint density at radius 2 is 2.05 bits per heavy atom. The lowest BCUT2D eigenvalue weighted by molar-refractivity contribution is -0.138. The van der Waals surface area contributed by atoms with Gasteiger partial charge in [0.05, 0.1) is 0 Å². The van der Waals surface area contributed by atoms with Crippen LogP contribution < -0.4 is 10.2 Å². The van der Waals surface area contributed by atoms with E-state index in [4.69, 9.17) is 0 Å². The fourth-order valence-corrected chi connectivity index (χ4v) is 3.14. The molecular formula is C16H20N2O3. The molecule has 2 aliphatic rings. The molecule has 3 rings (SSSR count). The molecular weight excluding hydrogens is 268 g/mol. The molecule has 0 bridgehead atoms. The first-order valence-electron chi connectivity index (χ1n) is 7.47. The van der Waals surface area contributed by atoms with Crippen LogP contribution >= 0.6 is 0 Å². The van der Waals surface area contributed by atoms with E-state index >= 15 is 0 Å². The van der Waals surface area contributed by atoms with Crippen LogP contribution in [0.2, 0.25) is 0 Å². The summed E-state index contributed by atoms with van der Waals surface area (Å²) in [5, 5.41) is 12.3. The van der Waals surface area contributed by atoms with Crippen molar-refractivity contribution in [2.24, 2.45) is 5.92 Å². The molecule has 0 saturated heterocycles. The van der Waals surface area contributed by atoms with Gasteiger partial charge in [-0.1, -0.05) is 24.6 Å². The van der Waals surface area contributed by atoms with Crippen LogP contribution in [0.3, 0.4) is 0 Å². The quantitative estimate of drug-likeness (QED) is 0.898. The number of rotatable bonds is 3. The summed E-state index contributed by atoms with van der Waals surface area (Å²) in [6.07, 6.45) is 3.56. The third kappa shape index (κ3) is 2.48. The molecule has 112 valence electrons. The van der Waals surface area contributed by atoms with E-state index in [-0.39, 0.29) is 18.6 Å². The number of carbonyl (C=O) groups excluding carboxylic acids is 1. The molecule has 2 amide bonds. The highest BCUT2D eigenvalue weighted by Gasteiger charge is 2.37. The molecule has 1 aromatic carbocycles. The Labute approximate surface area is 123 Å². The average Bonchev–Trinajstić information content (AvgIpc) is 2.76. The highest BCUT2D eigenvalue weighted by atomic mass is 16.4. The predicted octanol–water partition coefficient (Wildman–Crippen LogP) is 2.57. The van der Waals surface area contributed by atoms with Crippen molar-refractivity contribution in [3.05, 3.63) is 29.8 Å². The van der Waals surface area contributed by atoms with Crippen LogP contribution in [0.25, 0.3) is 0 Å². The van der Waals surface area contributed by atoms with Crippen LogP contribution in [-0.4, -0.2) is 29.7 Å². The van der Waals surface area contributed by atoms with E-state index in [1.807, 2.05) is 25.1 Å². The van der Waals surface area contributed by atoms with Crippen molar-refractivity contribution in [1.29, 1.82) is 0 Å². The summed E-state index contributed by atoms with van der Waals surface area (Å²) in [5.74, 6) is -0.960. The van der Waals surface area contributed by atoms with Crippen molar-refractivity contribution in [1.82, 2.24) is 5.32 Å². The molecule has 1 aliphatic heterocycles. The lowest BCUT2D eigenvalue weighted by Crippen LogP contribution is -2.47. The van der Waals surface area contributed by atoms with E-state index in [0.29, 0.717) is 11.6 Å². The van der Waals surface area contributed by atoms with Gasteiger partial charge in [-0.2, -0.15) is 0 Å². The SMILES string of the molecule is CC(NC(=O)N1CC(C(=O)O)c2ccccc21)C1CCC1. The number of carboxylic acids is 1. The monoisotopic (exact) mass is 288 g/mol. The van der Waals surface area contributed by atoms with Gasteiger partial charge >= 0.3 is 12.0 Å². The third-order valence-corrected chi connectivity index (χ3v) is 4.72. The van der Waals surface area contributed by atoms with Gasteiger partial charge in [0.1, 0.15) is 5.92 Å². The number of carboxylic acid groups (broad SMARTS) is 1. The van der Waals surface area contributed by atoms with Crippen LogP contribution in [0, 0.1) is 5.92 Å². The molecule has 5 heteroatoms. The maximum Gasteiger partial charge on any atom is 0.322 e. The van der Waals surface area contributed by atoms with Gasteiger partial charge in [-0.3, -0.25) is 9.69 Å². The zero-order chi connectivity index (χ0) is 15.0. The van der Waals surface area contributed by atoms with Crippen molar-refractivity contribution in [3.63, 3.8) is 0 Å². The van der Waals surface area contributed by atoms with Gasteiger partial charge in [0.2, 0.25) is 0 Å². The largest absolute Gasteiger partial charge is 0.481 e. The zero-order valence-electron chi connectivity index (χ0n) is 12.1. The Hall–Kier alpha value is -2.04. The Bertz CT molecular complexity index is 568. The molecule has 1 fully saturated rings. The maximum atomic E-state index is 12.5. The van der Waals surface area contributed by atoms with Gasteiger partial charge in [0.15, 0.2) is 0 Å². The highest BCUT2D eigenvalue weighted by Crippen LogP contribution is 2.36. The maximum absolute atomic E-state index is 12.5. The van der Waals surface area contributed by atoms with Crippen molar-refractivity contribution in [3.8, 4) is 0 Å². The van der Waals surface area contributed by atoms with E-state index in [1.165, 1.54) is 6.42 Å². The second-order valence-electron chi connectivity index (χ2n) is 5.99. The molecule has 2 unspecified atom stereocenters. The summed E-state index contributed by atoms with van der Waals surface area (Å²) in [7, 11) is 0. The van der Waals surface area contributed by atoms with E-state index < -0.39 is 11.9 Å². The van der Waals surface area contributed by atoms with Gasteiger partial charge in [0, 0.05) is 18.3 Å². The fourth-order valence-electron chi connectivity index (χ4n) is 3.14. The number of hydrogen-bond acceptors (Lipinski definition) is 2. The van der Waals surface area contributed by atoms with E-state index in [0.717, 1.165) is 18.4 Å². The second-order valence-corrected chi connectivity index (χ2v) is 5.99. The van der Waals surface area contributed by atoms with Crippen molar-refractivity contribution < 1.29 is 14.7 Å². The Morgan fingerprint density at radius 1 is 1.33 bits per heavy atom. The number of fused-ring (bicyclic) bond motifs is 1. The molecule has 21 heavy (non-hydrogen) atoms. The van der Waals surface area contributed by atoms with Crippen LogP contribution in [0.1, 0.15) is 37.7 Å². The Morgan fingerprint density at radius 3 is 2.67 bits per heavy atom. The smallest absolute Gasteiger partial charge is 0.322 e. The first-order valence-corrected chi connectivity index (χ1v) is 7.47. The summed E-state index contributed by atoms with van der Waals surface area (Å²) in [6, 6.07) is 7.20. The standard InChI is InChI=1S/C16H20N2O3/c1-10(11-5-4-6-11)17-16(21)18-9-13(15(19)20)12-7-2-3-8-14(12)18/h2-3,7-8,10-11,13H,4-6,9H2,1H3,(H,17,21)(H,19,20). The molecule has 1 heterocycles. The minimum atomic E-state index is -0.884. The number of urea groups is 1. The summed E-state index contributed by atoms with van der Waals surface area (Å²) < 4.78 is 0. The van der Waals surface area contributed by atoms with E-state index in [9.17, 15) is 14.7 Å². The third-order valence-electron chi connectivity index (χ3n) is 4.72. The first-order chi connectivity index (χ1) is 10.1. The highest BCUT2D eigenvalue weighted by molar-refractivity contribution is 5.98. The molecule has 1 aromatic rings. The van der Waals surface area contributed by atoms with Crippen molar-refractivity contribution in [2.75, 3.05) is 11.4 Å². The van der Waals surface area contributed by atoms with Crippen LogP contribution in [0.15, 0.2) is 24.3 Å². The summed E-state index contributed by atoms with van der Waals surface area (Å²) in [6.45, 7) is 2.23. The van der Waals surface area contributed by atoms with E-state index in [1.54, 1.807) is 11.0 Å². The molecule has 0 spiro atoms. The number of hydrogen-bond donors (Lipinski definition) is 2. The summed E-state index contributed by atoms with van der Waals surface area (Å²) in [4.78, 5) is 25.4. The molecule has 2 N–H and O–H groups in total. The predicted molar refractivity (Wildman–Crippen MR) is 79.5 cm³/mol. The molecule has 5 nitrogen and oxygen atoms in total. The van der Waals surface area contributed by atoms with Gasteiger partial charge < -0.3 is 10.4 Å². The minimum absolute atomic E-state index is 0.141. The summed E-state index contributed by atoms with van der Waals surface area (Å²) >= 11 is 0. The minimum Gasteiger partial charge on any atom is -0.481 e. The van der Waals surface area contributed by atoms with Crippen molar-refractivity contribution >= 4 is 17.7 Å². The fraction of sp³-hybridized carbons (Fsp3) is 0.500.